The van der Waals surface area contributed by atoms with Crippen molar-refractivity contribution in [2.45, 2.75) is 26.4 Å². The van der Waals surface area contributed by atoms with Gasteiger partial charge in [0.25, 0.3) is 0 Å². The Morgan fingerprint density at radius 1 is 1.53 bits per heavy atom. The van der Waals surface area contributed by atoms with Gasteiger partial charge in [0, 0.05) is 13.1 Å². The van der Waals surface area contributed by atoms with Crippen molar-refractivity contribution in [2.75, 3.05) is 0 Å². The van der Waals surface area contributed by atoms with Gasteiger partial charge in [-0.1, -0.05) is 5.21 Å². The molecule has 0 aliphatic rings. The van der Waals surface area contributed by atoms with Gasteiger partial charge in [0.2, 0.25) is 0 Å². The van der Waals surface area contributed by atoms with E-state index in [0.29, 0.717) is 5.69 Å². The van der Waals surface area contributed by atoms with E-state index in [2.05, 4.69) is 10.3 Å². The van der Waals surface area contributed by atoms with Gasteiger partial charge >= 0.3 is 5.97 Å². The first-order chi connectivity index (χ1) is 6.87. The van der Waals surface area contributed by atoms with Crippen molar-refractivity contribution in [3.8, 4) is 0 Å². The van der Waals surface area contributed by atoms with Crippen LogP contribution in [0.5, 0.6) is 0 Å². The molecule has 0 aliphatic carbocycles. The quantitative estimate of drug-likeness (QED) is 0.542. The van der Waals surface area contributed by atoms with Gasteiger partial charge in [0.15, 0.2) is 0 Å². The fraction of sp³-hybridized carbons (Fsp3) is 0.500. The predicted molar refractivity (Wildman–Crippen MR) is 55.9 cm³/mol. The Kier molecular flexibility index (Phi) is 3.24. The lowest BCUT2D eigenvalue weighted by atomic mass is 10.2. The molecule has 15 heavy (non-hydrogen) atoms. The second-order valence-corrected chi connectivity index (χ2v) is 4.18. The Bertz CT molecular complexity index is 374. The molecule has 0 unspecified atom stereocenters. The average Bonchev–Trinajstić information content (AvgIpc) is 2.45. The summed E-state index contributed by atoms with van der Waals surface area (Å²) in [4.78, 5) is 11.3. The molecule has 0 fully saturated rings. The number of hydrogen-bond acceptors (Lipinski definition) is 4. The van der Waals surface area contributed by atoms with Gasteiger partial charge in [-0.15, -0.1) is 5.10 Å². The smallest absolute Gasteiger partial charge is 0.331 e. The highest BCUT2D eigenvalue weighted by molar-refractivity contribution is 5.86. The molecule has 5 heteroatoms. The Hall–Kier alpha value is -1.65. The van der Waals surface area contributed by atoms with Crippen LogP contribution in [0.2, 0.25) is 0 Å². The molecule has 5 nitrogen and oxygen atoms in total. The zero-order chi connectivity index (χ0) is 11.5. The summed E-state index contributed by atoms with van der Waals surface area (Å²) in [7, 11) is 1.76. The second-order valence-electron chi connectivity index (χ2n) is 4.18. The van der Waals surface area contributed by atoms with E-state index in [9.17, 15) is 4.79 Å². The number of carbonyl (C=O) groups excluding carboxylic acids is 1. The van der Waals surface area contributed by atoms with Gasteiger partial charge in [-0.25, -0.2) is 4.79 Å². The van der Waals surface area contributed by atoms with Gasteiger partial charge in [0.1, 0.15) is 11.3 Å². The van der Waals surface area contributed by atoms with Crippen molar-refractivity contribution < 1.29 is 9.53 Å². The molecule has 0 radical (unpaired) electrons. The van der Waals surface area contributed by atoms with Crippen LogP contribution in [-0.2, 0) is 16.6 Å². The lowest BCUT2D eigenvalue weighted by Gasteiger charge is -2.17. The van der Waals surface area contributed by atoms with E-state index in [1.54, 1.807) is 24.0 Å². The van der Waals surface area contributed by atoms with Crippen LogP contribution in [0.25, 0.3) is 6.08 Å². The molecule has 0 aliphatic heterocycles. The normalized spacial score (nSPS) is 12.0. The molecule has 0 spiro atoms. The highest BCUT2D eigenvalue weighted by Gasteiger charge is 2.13. The fourth-order valence-corrected chi connectivity index (χ4v) is 0.931. The van der Waals surface area contributed by atoms with Crippen molar-refractivity contribution in [2.24, 2.45) is 7.05 Å². The number of rotatable bonds is 2. The van der Waals surface area contributed by atoms with Crippen LogP contribution in [0.15, 0.2) is 12.3 Å². The first-order valence-corrected chi connectivity index (χ1v) is 4.64. The Labute approximate surface area is 88.7 Å². The van der Waals surface area contributed by atoms with E-state index in [-0.39, 0.29) is 5.97 Å². The van der Waals surface area contributed by atoms with Crippen molar-refractivity contribution in [1.82, 2.24) is 15.0 Å². The maximum absolute atomic E-state index is 11.3. The first-order valence-electron chi connectivity index (χ1n) is 4.64. The lowest BCUT2D eigenvalue weighted by Crippen LogP contribution is -2.22. The van der Waals surface area contributed by atoms with Crippen molar-refractivity contribution >= 4 is 12.0 Å². The minimum atomic E-state index is -0.468. The van der Waals surface area contributed by atoms with Crippen molar-refractivity contribution in [3.05, 3.63) is 18.0 Å². The molecule has 1 aromatic heterocycles. The Morgan fingerprint density at radius 2 is 2.20 bits per heavy atom. The maximum atomic E-state index is 11.3. The summed E-state index contributed by atoms with van der Waals surface area (Å²) in [5.41, 5.74) is 0.160. The third kappa shape index (κ3) is 4.39. The minimum Gasteiger partial charge on any atom is -0.457 e. The molecular formula is C10H15N3O2. The number of nitrogens with zero attached hydrogens (tertiary/aromatic N) is 3. The standard InChI is InChI=1S/C10H15N3O2/c1-10(2,3)15-9(14)6-5-8-7-13(4)12-11-8/h5-7H,1-4H3. The molecule has 0 aromatic carbocycles. The van der Waals surface area contributed by atoms with Crippen LogP contribution in [0.3, 0.4) is 0 Å². The lowest BCUT2D eigenvalue weighted by molar-refractivity contribution is -0.148. The molecule has 1 rings (SSSR count). The number of aromatic nitrogens is 3. The van der Waals surface area contributed by atoms with Gasteiger partial charge in [0.05, 0.1) is 6.20 Å². The van der Waals surface area contributed by atoms with Crippen LogP contribution < -0.4 is 0 Å². The molecule has 0 N–H and O–H groups in total. The van der Waals surface area contributed by atoms with Crippen LogP contribution >= 0.6 is 0 Å². The zero-order valence-corrected chi connectivity index (χ0v) is 9.39. The molecule has 1 aromatic rings. The summed E-state index contributed by atoms with van der Waals surface area (Å²) < 4.78 is 6.65. The maximum Gasteiger partial charge on any atom is 0.331 e. The van der Waals surface area contributed by atoms with E-state index in [4.69, 9.17) is 4.74 Å². The highest BCUT2D eigenvalue weighted by Crippen LogP contribution is 2.07. The van der Waals surface area contributed by atoms with Gasteiger partial charge in [-0.05, 0) is 26.8 Å². The van der Waals surface area contributed by atoms with Crippen LogP contribution in [0.1, 0.15) is 26.5 Å². The van der Waals surface area contributed by atoms with E-state index in [1.165, 1.54) is 6.08 Å². The first kappa shape index (κ1) is 11.4. The Morgan fingerprint density at radius 3 is 2.67 bits per heavy atom. The molecular weight excluding hydrogens is 194 g/mol. The van der Waals surface area contributed by atoms with E-state index >= 15 is 0 Å². The molecule has 0 atom stereocenters. The molecule has 82 valence electrons. The van der Waals surface area contributed by atoms with E-state index in [1.807, 2.05) is 20.8 Å². The topological polar surface area (TPSA) is 57.0 Å². The third-order valence-corrected chi connectivity index (χ3v) is 1.42. The number of esters is 1. The third-order valence-electron chi connectivity index (χ3n) is 1.42. The monoisotopic (exact) mass is 209 g/mol. The highest BCUT2D eigenvalue weighted by atomic mass is 16.6. The summed E-state index contributed by atoms with van der Waals surface area (Å²) >= 11 is 0. The minimum absolute atomic E-state index is 0.381. The van der Waals surface area contributed by atoms with Crippen molar-refractivity contribution in [3.63, 3.8) is 0 Å². The molecule has 0 bridgehead atoms. The van der Waals surface area contributed by atoms with Gasteiger partial charge in [-0.3, -0.25) is 4.68 Å². The predicted octanol–water partition coefficient (Wildman–Crippen LogP) is 1.17. The molecule has 0 saturated carbocycles. The summed E-state index contributed by atoms with van der Waals surface area (Å²) in [6.07, 6.45) is 4.62. The number of carbonyl (C=O) groups is 1. The summed E-state index contributed by atoms with van der Waals surface area (Å²) in [5.74, 6) is -0.381. The summed E-state index contributed by atoms with van der Waals surface area (Å²) in [6.45, 7) is 5.46. The molecule has 1 heterocycles. The van der Waals surface area contributed by atoms with Crippen LogP contribution in [0.4, 0.5) is 0 Å². The number of hydrogen-bond donors (Lipinski definition) is 0. The summed E-state index contributed by atoms with van der Waals surface area (Å²) in [5, 5.41) is 7.54. The van der Waals surface area contributed by atoms with Gasteiger partial charge < -0.3 is 4.74 Å². The van der Waals surface area contributed by atoms with Crippen LogP contribution in [0, 0.1) is 0 Å². The molecule has 0 amide bonds. The average molecular weight is 209 g/mol. The van der Waals surface area contributed by atoms with Gasteiger partial charge in [-0.2, -0.15) is 0 Å². The van der Waals surface area contributed by atoms with Crippen LogP contribution in [-0.4, -0.2) is 26.6 Å². The van der Waals surface area contributed by atoms with E-state index in [0.717, 1.165) is 0 Å². The largest absolute Gasteiger partial charge is 0.457 e. The molecule has 0 saturated heterocycles. The zero-order valence-electron chi connectivity index (χ0n) is 9.39. The van der Waals surface area contributed by atoms with Crippen molar-refractivity contribution in [1.29, 1.82) is 0 Å². The summed E-state index contributed by atoms with van der Waals surface area (Å²) in [6, 6.07) is 0. The Balaban J connectivity index is 2.55. The second kappa shape index (κ2) is 4.25. The van der Waals surface area contributed by atoms with E-state index < -0.39 is 5.60 Å². The SMILES string of the molecule is Cn1cc(C=CC(=O)OC(C)(C)C)nn1. The number of ether oxygens (including phenoxy) is 1. The number of aryl methyl sites for hydroxylation is 1. The fourth-order valence-electron chi connectivity index (χ4n) is 0.931.